The summed E-state index contributed by atoms with van der Waals surface area (Å²) in [5, 5.41) is 2.57. The number of carbonyl (C=O) groups excluding carboxylic acids is 3. The minimum atomic E-state index is -3.75. The lowest BCUT2D eigenvalue weighted by Gasteiger charge is -2.22. The van der Waals surface area contributed by atoms with Crippen molar-refractivity contribution < 1.29 is 46.3 Å². The Labute approximate surface area is 207 Å². The van der Waals surface area contributed by atoms with Crippen molar-refractivity contribution in [2.75, 3.05) is 35.0 Å². The first kappa shape index (κ1) is 30.8. The molecular formula is C24H28F2NO8P. The SMILES string of the molecule is COC(=O)/C(C)=C/c1cc(F)cc(F)c1.COC(=O)C(NCC(=O)c1ccccc1)P(=O)(OC)OC. The zero-order chi connectivity index (χ0) is 27.3. The highest BCUT2D eigenvalue weighted by Crippen LogP contribution is 2.50. The molecule has 2 aromatic rings. The van der Waals surface area contributed by atoms with E-state index in [0.29, 0.717) is 5.56 Å². The van der Waals surface area contributed by atoms with Crippen LogP contribution >= 0.6 is 7.60 Å². The standard InChI is InChI=1S/C13H18NO6P.C11H10F2O2/c1-18-13(16)12(21(17,19-2)20-3)14-9-11(15)10-7-5-4-6-8-10;1-7(11(14)15-2)3-8-4-9(12)6-10(13)5-8/h4-8,12,14H,9H2,1-3H3;3-6H,1-2H3/b;7-3+. The Hall–Kier alpha value is -3.24. The maximum atomic E-state index is 12.8. The molecule has 196 valence electrons. The van der Waals surface area contributed by atoms with E-state index in [9.17, 15) is 27.7 Å². The van der Waals surface area contributed by atoms with Crippen LogP contribution in [0.3, 0.4) is 0 Å². The van der Waals surface area contributed by atoms with Crippen LogP contribution in [0.1, 0.15) is 22.8 Å². The molecule has 0 saturated carbocycles. The van der Waals surface area contributed by atoms with Gasteiger partial charge >= 0.3 is 19.5 Å². The van der Waals surface area contributed by atoms with Gasteiger partial charge in [0.05, 0.1) is 20.8 Å². The van der Waals surface area contributed by atoms with Crippen LogP contribution in [-0.2, 0) is 32.7 Å². The van der Waals surface area contributed by atoms with Gasteiger partial charge < -0.3 is 18.5 Å². The van der Waals surface area contributed by atoms with Crippen LogP contribution < -0.4 is 5.32 Å². The minimum Gasteiger partial charge on any atom is -0.467 e. The highest BCUT2D eigenvalue weighted by Gasteiger charge is 2.41. The van der Waals surface area contributed by atoms with E-state index in [2.05, 4.69) is 14.8 Å². The van der Waals surface area contributed by atoms with Gasteiger partial charge in [0.1, 0.15) is 11.6 Å². The highest BCUT2D eigenvalue weighted by atomic mass is 31.2. The molecule has 0 fully saturated rings. The third-order valence-corrected chi connectivity index (χ3v) is 6.62. The monoisotopic (exact) mass is 527 g/mol. The van der Waals surface area contributed by atoms with Crippen LogP contribution in [-0.4, -0.2) is 58.5 Å². The highest BCUT2D eigenvalue weighted by molar-refractivity contribution is 7.55. The van der Waals surface area contributed by atoms with Gasteiger partial charge in [0.2, 0.25) is 5.78 Å². The number of halogens is 2. The number of hydrogen-bond acceptors (Lipinski definition) is 9. The van der Waals surface area contributed by atoms with Crippen LogP contribution in [0.4, 0.5) is 8.78 Å². The van der Waals surface area contributed by atoms with Crippen LogP contribution in [0.5, 0.6) is 0 Å². The minimum absolute atomic E-state index is 0.208. The van der Waals surface area contributed by atoms with Crippen molar-refractivity contribution >= 4 is 31.4 Å². The first-order valence-electron chi connectivity index (χ1n) is 10.3. The number of esters is 2. The topological polar surface area (TPSA) is 117 Å². The summed E-state index contributed by atoms with van der Waals surface area (Å²) in [4.78, 5) is 34.7. The molecule has 0 heterocycles. The summed E-state index contributed by atoms with van der Waals surface area (Å²) in [6.07, 6.45) is 1.36. The summed E-state index contributed by atoms with van der Waals surface area (Å²) in [6.45, 7) is 1.30. The summed E-state index contributed by atoms with van der Waals surface area (Å²) >= 11 is 0. The Kier molecular flexibility index (Phi) is 12.8. The molecule has 2 aromatic carbocycles. The smallest absolute Gasteiger partial charge is 0.358 e. The molecule has 1 unspecified atom stereocenters. The second-order valence-electron chi connectivity index (χ2n) is 7.02. The van der Waals surface area contributed by atoms with E-state index >= 15 is 0 Å². The molecule has 1 atom stereocenters. The number of benzene rings is 2. The molecule has 0 aromatic heterocycles. The number of carbonyl (C=O) groups is 3. The normalized spacial score (nSPS) is 12.1. The van der Waals surface area contributed by atoms with Crippen molar-refractivity contribution in [3.8, 4) is 0 Å². The van der Waals surface area contributed by atoms with Crippen molar-refractivity contribution in [1.29, 1.82) is 0 Å². The molecule has 2 rings (SSSR count). The van der Waals surface area contributed by atoms with E-state index in [1.54, 1.807) is 30.3 Å². The molecule has 0 aliphatic heterocycles. The summed E-state index contributed by atoms with van der Waals surface area (Å²) < 4.78 is 56.4. The van der Waals surface area contributed by atoms with Gasteiger partial charge in [-0.05, 0) is 30.7 Å². The molecule has 0 bridgehead atoms. The molecule has 36 heavy (non-hydrogen) atoms. The van der Waals surface area contributed by atoms with E-state index < -0.39 is 37.0 Å². The first-order chi connectivity index (χ1) is 17.0. The predicted octanol–water partition coefficient (Wildman–Crippen LogP) is 3.99. The lowest BCUT2D eigenvalue weighted by molar-refractivity contribution is -0.141. The third-order valence-electron chi connectivity index (χ3n) is 4.58. The summed E-state index contributed by atoms with van der Waals surface area (Å²) in [5.41, 5.74) is 1.04. The van der Waals surface area contributed by atoms with Crippen molar-refractivity contribution in [2.24, 2.45) is 0 Å². The van der Waals surface area contributed by atoms with Crippen molar-refractivity contribution in [1.82, 2.24) is 5.32 Å². The summed E-state index contributed by atoms with van der Waals surface area (Å²) in [6, 6.07) is 11.6. The number of ether oxygens (including phenoxy) is 2. The Balaban J connectivity index is 0.000000381. The number of methoxy groups -OCH3 is 2. The van der Waals surface area contributed by atoms with Crippen molar-refractivity contribution in [2.45, 2.75) is 12.7 Å². The molecule has 0 radical (unpaired) electrons. The average Bonchev–Trinajstić information content (AvgIpc) is 2.87. The number of rotatable bonds is 10. The van der Waals surface area contributed by atoms with E-state index in [-0.39, 0.29) is 23.5 Å². The third kappa shape index (κ3) is 9.43. The number of Topliss-reactive ketones (excluding diaryl/α,β-unsaturated/α-hetero) is 1. The van der Waals surface area contributed by atoms with E-state index in [0.717, 1.165) is 39.5 Å². The molecular weight excluding hydrogens is 499 g/mol. The lowest BCUT2D eigenvalue weighted by atomic mass is 10.1. The number of ketones is 1. The molecule has 0 amide bonds. The molecule has 0 spiro atoms. The fourth-order valence-electron chi connectivity index (χ4n) is 2.77. The maximum absolute atomic E-state index is 12.8. The summed E-state index contributed by atoms with van der Waals surface area (Å²) in [7, 11) is 0.944. The van der Waals surface area contributed by atoms with Crippen LogP contribution in [0.25, 0.3) is 6.08 Å². The van der Waals surface area contributed by atoms with Crippen LogP contribution in [0.15, 0.2) is 54.1 Å². The van der Waals surface area contributed by atoms with Gasteiger partial charge in [-0.25, -0.2) is 18.4 Å². The second kappa shape index (κ2) is 15.0. The fourth-order valence-corrected chi connectivity index (χ4v) is 4.01. The van der Waals surface area contributed by atoms with E-state index in [1.165, 1.54) is 20.1 Å². The molecule has 0 saturated heterocycles. The van der Waals surface area contributed by atoms with Crippen molar-refractivity contribution in [3.05, 3.63) is 76.9 Å². The molecule has 0 aliphatic carbocycles. The largest absolute Gasteiger partial charge is 0.467 e. The van der Waals surface area contributed by atoms with Gasteiger partial charge in [-0.1, -0.05) is 30.3 Å². The Morgan fingerprint density at radius 2 is 1.50 bits per heavy atom. The Morgan fingerprint density at radius 1 is 0.944 bits per heavy atom. The van der Waals surface area contributed by atoms with Gasteiger partial charge in [-0.2, -0.15) is 0 Å². The molecule has 12 heteroatoms. The zero-order valence-corrected chi connectivity index (χ0v) is 21.3. The quantitative estimate of drug-likeness (QED) is 0.212. The molecule has 0 aliphatic rings. The number of hydrogen-bond donors (Lipinski definition) is 1. The summed E-state index contributed by atoms with van der Waals surface area (Å²) in [5.74, 6) is -4.35. The fraction of sp³-hybridized carbons (Fsp3) is 0.292. The number of nitrogens with one attached hydrogen (secondary N) is 1. The lowest BCUT2D eigenvalue weighted by Crippen LogP contribution is -2.41. The Morgan fingerprint density at radius 3 is 1.97 bits per heavy atom. The van der Waals surface area contributed by atoms with Gasteiger partial charge in [-0.3, -0.25) is 14.7 Å². The van der Waals surface area contributed by atoms with Gasteiger partial charge in [0.25, 0.3) is 0 Å². The Bertz CT molecular complexity index is 1100. The maximum Gasteiger partial charge on any atom is 0.358 e. The van der Waals surface area contributed by atoms with Crippen LogP contribution in [0.2, 0.25) is 0 Å². The van der Waals surface area contributed by atoms with Gasteiger partial charge in [0, 0.05) is 31.4 Å². The average molecular weight is 527 g/mol. The molecule has 9 nitrogen and oxygen atoms in total. The first-order valence-corrected chi connectivity index (χ1v) is 12.0. The van der Waals surface area contributed by atoms with Gasteiger partial charge in [-0.15, -0.1) is 0 Å². The van der Waals surface area contributed by atoms with Gasteiger partial charge in [0.15, 0.2) is 5.78 Å². The van der Waals surface area contributed by atoms with E-state index in [4.69, 9.17) is 9.05 Å². The predicted molar refractivity (Wildman–Crippen MR) is 128 cm³/mol. The van der Waals surface area contributed by atoms with Crippen molar-refractivity contribution in [3.63, 3.8) is 0 Å². The second-order valence-corrected chi connectivity index (χ2v) is 9.35. The molecule has 1 N–H and O–H groups in total. The van der Waals surface area contributed by atoms with E-state index in [1.807, 2.05) is 0 Å². The zero-order valence-electron chi connectivity index (χ0n) is 20.4. The van der Waals surface area contributed by atoms with Crippen LogP contribution in [0, 0.1) is 11.6 Å².